The van der Waals surface area contributed by atoms with Gasteiger partial charge >= 0.3 is 0 Å². The van der Waals surface area contributed by atoms with Gasteiger partial charge in [0.2, 0.25) is 0 Å². The second-order valence-electron chi connectivity index (χ2n) is 4.07. The summed E-state index contributed by atoms with van der Waals surface area (Å²) in [6, 6.07) is 0. The third-order valence-electron chi connectivity index (χ3n) is 3.02. The minimum absolute atomic E-state index is 0.205. The molecule has 1 aliphatic rings. The normalized spacial score (nSPS) is 17.5. The van der Waals surface area contributed by atoms with E-state index >= 15 is 0 Å². The van der Waals surface area contributed by atoms with Crippen LogP contribution in [-0.4, -0.2) is 28.8 Å². The van der Waals surface area contributed by atoms with E-state index in [9.17, 15) is 4.79 Å². The maximum Gasteiger partial charge on any atom is 0.150 e. The molecule has 1 aliphatic heterocycles. The van der Waals surface area contributed by atoms with Crippen LogP contribution in [0.2, 0.25) is 5.02 Å². The predicted molar refractivity (Wildman–Crippen MR) is 62.7 cm³/mol. The molecule has 0 spiro atoms. The fourth-order valence-electron chi connectivity index (χ4n) is 2.04. The largest absolute Gasteiger partial charge is 0.355 e. The molecule has 0 saturated carbocycles. The van der Waals surface area contributed by atoms with Crippen molar-refractivity contribution in [3.63, 3.8) is 0 Å². The molecule has 4 nitrogen and oxygen atoms in total. The van der Waals surface area contributed by atoms with Crippen LogP contribution in [0.5, 0.6) is 0 Å². The Kier molecular flexibility index (Phi) is 3.39. The minimum atomic E-state index is 0.205. The van der Waals surface area contributed by atoms with Gasteiger partial charge in [0.25, 0.3) is 0 Å². The predicted octanol–water partition coefficient (Wildman–Crippen LogP) is 1.94. The number of nitrogens with zero attached hydrogens (tertiary/aromatic N) is 3. The van der Waals surface area contributed by atoms with Crippen LogP contribution >= 0.6 is 11.6 Å². The Morgan fingerprint density at radius 1 is 1.50 bits per heavy atom. The molecule has 0 radical (unpaired) electrons. The van der Waals surface area contributed by atoms with Gasteiger partial charge < -0.3 is 4.90 Å². The molecule has 1 aromatic heterocycles. The second-order valence-corrected chi connectivity index (χ2v) is 4.47. The Bertz CT molecular complexity index is 389. The molecule has 1 fully saturated rings. The zero-order valence-electron chi connectivity index (χ0n) is 9.19. The second kappa shape index (κ2) is 4.78. The van der Waals surface area contributed by atoms with Crippen LogP contribution in [0, 0.1) is 5.92 Å². The number of piperidine rings is 1. The van der Waals surface area contributed by atoms with E-state index in [4.69, 9.17) is 11.6 Å². The molecular formula is C11H14ClN3O. The Hall–Kier alpha value is -1.16. The molecule has 0 aromatic carbocycles. The Balaban J connectivity index is 2.05. The first kappa shape index (κ1) is 11.3. The molecule has 0 N–H and O–H groups in total. The fourth-order valence-corrected chi connectivity index (χ4v) is 2.26. The van der Waals surface area contributed by atoms with Crippen LogP contribution in [0.25, 0.3) is 0 Å². The highest BCUT2D eigenvalue weighted by Gasteiger charge is 2.23. The number of rotatable bonds is 2. The molecule has 0 bridgehead atoms. The van der Waals surface area contributed by atoms with Gasteiger partial charge in [0.1, 0.15) is 17.1 Å². The lowest BCUT2D eigenvalue weighted by Gasteiger charge is -2.31. The minimum Gasteiger partial charge on any atom is -0.355 e. The number of halogens is 1. The first-order chi connectivity index (χ1) is 7.68. The molecule has 0 aliphatic carbocycles. The zero-order chi connectivity index (χ0) is 11.5. The molecule has 2 heterocycles. The van der Waals surface area contributed by atoms with Gasteiger partial charge in [-0.15, -0.1) is 0 Å². The Morgan fingerprint density at radius 3 is 2.75 bits per heavy atom. The summed E-state index contributed by atoms with van der Waals surface area (Å²) in [4.78, 5) is 21.4. The van der Waals surface area contributed by atoms with Crippen molar-refractivity contribution in [2.24, 2.45) is 5.92 Å². The Morgan fingerprint density at radius 2 is 2.19 bits per heavy atom. The number of aromatic nitrogens is 2. The molecule has 2 rings (SSSR count). The summed E-state index contributed by atoms with van der Waals surface area (Å²) in [5.41, 5.74) is 0. The molecule has 5 heteroatoms. The highest BCUT2D eigenvalue weighted by Crippen LogP contribution is 2.26. The van der Waals surface area contributed by atoms with E-state index in [-0.39, 0.29) is 11.7 Å². The monoisotopic (exact) mass is 239 g/mol. The van der Waals surface area contributed by atoms with Crippen molar-refractivity contribution >= 4 is 23.2 Å². The Labute approximate surface area is 99.6 Å². The summed E-state index contributed by atoms with van der Waals surface area (Å²) in [5, 5.41) is 0.573. The van der Waals surface area contributed by atoms with E-state index in [1.165, 1.54) is 6.33 Å². The fraction of sp³-hybridized carbons (Fsp3) is 0.545. The molecule has 0 amide bonds. The molecule has 0 unspecified atom stereocenters. The topological polar surface area (TPSA) is 46.1 Å². The number of carbonyl (C=O) groups excluding carboxylic acids is 1. The standard InChI is InChI=1S/C11H14ClN3O/c1-8(16)9-2-4-15(5-3-9)11-10(12)6-13-7-14-11/h6-7,9H,2-5H2,1H3. The van der Waals surface area contributed by atoms with Gasteiger partial charge in [-0.1, -0.05) is 11.6 Å². The summed E-state index contributed by atoms with van der Waals surface area (Å²) in [5.74, 6) is 1.27. The number of hydrogen-bond donors (Lipinski definition) is 0. The van der Waals surface area contributed by atoms with Crippen molar-refractivity contribution in [2.75, 3.05) is 18.0 Å². The molecule has 86 valence electrons. The van der Waals surface area contributed by atoms with Crippen molar-refractivity contribution in [2.45, 2.75) is 19.8 Å². The number of anilines is 1. The van der Waals surface area contributed by atoms with Crippen LogP contribution < -0.4 is 4.90 Å². The van der Waals surface area contributed by atoms with Crippen LogP contribution in [0.1, 0.15) is 19.8 Å². The quantitative estimate of drug-likeness (QED) is 0.791. The first-order valence-electron chi connectivity index (χ1n) is 5.39. The molecule has 1 aromatic rings. The van der Waals surface area contributed by atoms with Crippen LogP contribution in [0.4, 0.5) is 5.82 Å². The number of carbonyl (C=O) groups is 1. The summed E-state index contributed by atoms with van der Waals surface area (Å²) in [6.45, 7) is 3.33. The van der Waals surface area contributed by atoms with Crippen molar-refractivity contribution in [3.05, 3.63) is 17.5 Å². The molecular weight excluding hydrogens is 226 g/mol. The van der Waals surface area contributed by atoms with Gasteiger partial charge in [-0.05, 0) is 19.8 Å². The summed E-state index contributed by atoms with van der Waals surface area (Å²) >= 11 is 6.02. The molecule has 0 atom stereocenters. The number of hydrogen-bond acceptors (Lipinski definition) is 4. The average molecular weight is 240 g/mol. The van der Waals surface area contributed by atoms with Crippen molar-refractivity contribution in [1.82, 2.24) is 9.97 Å². The lowest BCUT2D eigenvalue weighted by Crippen LogP contribution is -2.36. The van der Waals surface area contributed by atoms with Gasteiger partial charge in [-0.25, -0.2) is 9.97 Å². The highest BCUT2D eigenvalue weighted by atomic mass is 35.5. The third kappa shape index (κ3) is 2.32. The van der Waals surface area contributed by atoms with E-state index < -0.39 is 0 Å². The maximum absolute atomic E-state index is 11.2. The van der Waals surface area contributed by atoms with Crippen LogP contribution in [-0.2, 0) is 4.79 Å². The number of ketones is 1. The van der Waals surface area contributed by atoms with E-state index in [2.05, 4.69) is 14.9 Å². The van der Waals surface area contributed by atoms with Gasteiger partial charge in [0, 0.05) is 19.0 Å². The molecule has 1 saturated heterocycles. The SMILES string of the molecule is CC(=O)C1CCN(c2ncncc2Cl)CC1. The van der Waals surface area contributed by atoms with E-state index in [0.717, 1.165) is 31.7 Å². The van der Waals surface area contributed by atoms with Gasteiger partial charge in [0.15, 0.2) is 5.82 Å². The van der Waals surface area contributed by atoms with Crippen LogP contribution in [0.3, 0.4) is 0 Å². The maximum atomic E-state index is 11.2. The third-order valence-corrected chi connectivity index (χ3v) is 3.28. The lowest BCUT2D eigenvalue weighted by atomic mass is 9.93. The van der Waals surface area contributed by atoms with E-state index in [1.54, 1.807) is 13.1 Å². The smallest absolute Gasteiger partial charge is 0.150 e. The van der Waals surface area contributed by atoms with Gasteiger partial charge in [-0.2, -0.15) is 0 Å². The van der Waals surface area contributed by atoms with Crippen molar-refractivity contribution in [1.29, 1.82) is 0 Å². The average Bonchev–Trinajstić information content (AvgIpc) is 2.30. The van der Waals surface area contributed by atoms with Gasteiger partial charge in [-0.3, -0.25) is 4.79 Å². The van der Waals surface area contributed by atoms with Crippen LogP contribution in [0.15, 0.2) is 12.5 Å². The van der Waals surface area contributed by atoms with Crippen molar-refractivity contribution in [3.8, 4) is 0 Å². The highest BCUT2D eigenvalue weighted by molar-refractivity contribution is 6.32. The van der Waals surface area contributed by atoms with E-state index in [0.29, 0.717) is 5.02 Å². The van der Waals surface area contributed by atoms with E-state index in [1.807, 2.05) is 0 Å². The first-order valence-corrected chi connectivity index (χ1v) is 5.77. The zero-order valence-corrected chi connectivity index (χ0v) is 9.94. The summed E-state index contributed by atoms with van der Waals surface area (Å²) < 4.78 is 0. The van der Waals surface area contributed by atoms with Gasteiger partial charge in [0.05, 0.1) is 6.20 Å². The van der Waals surface area contributed by atoms with Crippen molar-refractivity contribution < 1.29 is 4.79 Å². The molecule has 16 heavy (non-hydrogen) atoms. The summed E-state index contributed by atoms with van der Waals surface area (Å²) in [6.07, 6.45) is 4.87. The summed E-state index contributed by atoms with van der Waals surface area (Å²) in [7, 11) is 0. The number of Topliss-reactive ketones (excluding diaryl/α,β-unsaturated/α-hetero) is 1. The lowest BCUT2D eigenvalue weighted by molar-refractivity contribution is -0.121.